The lowest BCUT2D eigenvalue weighted by Gasteiger charge is -2.33. The molecule has 2 saturated heterocycles. The highest BCUT2D eigenvalue weighted by molar-refractivity contribution is 7.89. The zero-order chi connectivity index (χ0) is 23.6. The van der Waals surface area contributed by atoms with E-state index in [0.717, 1.165) is 25.7 Å². The van der Waals surface area contributed by atoms with Gasteiger partial charge in [0.2, 0.25) is 15.9 Å². The molecule has 3 unspecified atom stereocenters. The van der Waals surface area contributed by atoms with Crippen molar-refractivity contribution in [3.8, 4) is 5.75 Å². The predicted octanol–water partition coefficient (Wildman–Crippen LogP) is 1.59. The summed E-state index contributed by atoms with van der Waals surface area (Å²) in [5.41, 5.74) is 0.565. The Morgan fingerprint density at radius 3 is 2.55 bits per heavy atom. The summed E-state index contributed by atoms with van der Waals surface area (Å²) in [6.07, 6.45) is 4.66. The van der Waals surface area contributed by atoms with Crippen molar-refractivity contribution in [2.75, 3.05) is 40.5 Å². The molecule has 2 heterocycles. The molecular formula is C23H32N2O7S. The van der Waals surface area contributed by atoms with Crippen LogP contribution in [0.4, 0.5) is 0 Å². The van der Waals surface area contributed by atoms with Crippen LogP contribution in [0.15, 0.2) is 23.1 Å². The third kappa shape index (κ3) is 4.74. The summed E-state index contributed by atoms with van der Waals surface area (Å²) in [6, 6.07) is 4.26. The number of methoxy groups -OCH3 is 2. The maximum atomic E-state index is 13.4. The molecule has 4 rings (SSSR count). The smallest absolute Gasteiger partial charge is 0.328 e. The molecule has 1 aromatic carbocycles. The average molecular weight is 481 g/mol. The van der Waals surface area contributed by atoms with Gasteiger partial charge in [-0.3, -0.25) is 4.79 Å². The number of morpholine rings is 1. The van der Waals surface area contributed by atoms with Gasteiger partial charge in [0.1, 0.15) is 16.7 Å². The lowest BCUT2D eigenvalue weighted by atomic mass is 9.84. The van der Waals surface area contributed by atoms with Crippen LogP contribution in [-0.4, -0.2) is 82.1 Å². The molecule has 182 valence electrons. The van der Waals surface area contributed by atoms with Crippen LogP contribution in [0.3, 0.4) is 0 Å². The first-order valence-corrected chi connectivity index (χ1v) is 12.9. The van der Waals surface area contributed by atoms with E-state index < -0.39 is 16.1 Å². The number of fused-ring (bicyclic) bond motifs is 1. The number of benzene rings is 1. The van der Waals surface area contributed by atoms with Crippen LogP contribution < -0.4 is 4.74 Å². The minimum atomic E-state index is -3.80. The summed E-state index contributed by atoms with van der Waals surface area (Å²) in [7, 11) is -1.03. The van der Waals surface area contributed by atoms with Gasteiger partial charge < -0.3 is 19.1 Å². The minimum absolute atomic E-state index is 0.00629. The Labute approximate surface area is 195 Å². The van der Waals surface area contributed by atoms with Crippen LogP contribution in [0.1, 0.15) is 37.7 Å². The first kappa shape index (κ1) is 24.0. The number of likely N-dealkylation sites (tertiary alicyclic amines) is 1. The van der Waals surface area contributed by atoms with E-state index in [-0.39, 0.29) is 48.1 Å². The van der Waals surface area contributed by atoms with Crippen molar-refractivity contribution < 1.29 is 32.2 Å². The number of amides is 1. The molecule has 1 saturated carbocycles. The van der Waals surface area contributed by atoms with Crippen molar-refractivity contribution in [3.63, 3.8) is 0 Å². The molecule has 3 fully saturated rings. The van der Waals surface area contributed by atoms with Gasteiger partial charge in [-0.05, 0) is 42.9 Å². The fourth-order valence-electron chi connectivity index (χ4n) is 5.39. The molecule has 0 spiro atoms. The molecule has 1 amide bonds. The highest BCUT2D eigenvalue weighted by Crippen LogP contribution is 2.40. The number of hydrogen-bond donors (Lipinski definition) is 0. The molecule has 0 bridgehead atoms. The van der Waals surface area contributed by atoms with Crippen LogP contribution in [0.2, 0.25) is 0 Å². The summed E-state index contributed by atoms with van der Waals surface area (Å²) in [4.78, 5) is 27.6. The Morgan fingerprint density at radius 2 is 1.85 bits per heavy atom. The quantitative estimate of drug-likeness (QED) is 0.570. The second-order valence-electron chi connectivity index (χ2n) is 8.87. The first-order valence-electron chi connectivity index (χ1n) is 11.5. The Hall–Kier alpha value is -2.17. The van der Waals surface area contributed by atoms with Crippen LogP contribution in [0.5, 0.6) is 5.75 Å². The number of sulfonamides is 1. The largest absolute Gasteiger partial charge is 0.495 e. The van der Waals surface area contributed by atoms with E-state index in [2.05, 4.69) is 0 Å². The number of nitrogens with zero attached hydrogens (tertiary/aromatic N) is 2. The number of carbonyl (C=O) groups excluding carboxylic acids is 2. The highest BCUT2D eigenvalue weighted by atomic mass is 32.2. The Kier molecular flexibility index (Phi) is 7.25. The molecule has 3 aliphatic rings. The van der Waals surface area contributed by atoms with Gasteiger partial charge in [-0.25, -0.2) is 13.2 Å². The summed E-state index contributed by atoms with van der Waals surface area (Å²) in [6.45, 7) is 1.22. The molecule has 0 radical (unpaired) electrons. The van der Waals surface area contributed by atoms with Crippen LogP contribution in [0, 0.1) is 5.92 Å². The van der Waals surface area contributed by atoms with Crippen molar-refractivity contribution >= 4 is 21.9 Å². The van der Waals surface area contributed by atoms with Crippen molar-refractivity contribution in [2.45, 2.75) is 55.5 Å². The second-order valence-corrected chi connectivity index (χ2v) is 10.8. The van der Waals surface area contributed by atoms with E-state index in [1.54, 1.807) is 17.0 Å². The second kappa shape index (κ2) is 9.99. The zero-order valence-electron chi connectivity index (χ0n) is 19.2. The average Bonchev–Trinajstić information content (AvgIpc) is 3.24. The fourth-order valence-corrected chi connectivity index (χ4v) is 7.00. The normalized spacial score (nSPS) is 26.0. The third-order valence-corrected chi connectivity index (χ3v) is 8.94. The summed E-state index contributed by atoms with van der Waals surface area (Å²) >= 11 is 0. The number of rotatable bonds is 6. The molecule has 9 nitrogen and oxygen atoms in total. The van der Waals surface area contributed by atoms with E-state index >= 15 is 0 Å². The van der Waals surface area contributed by atoms with Gasteiger partial charge >= 0.3 is 5.97 Å². The van der Waals surface area contributed by atoms with Crippen molar-refractivity contribution in [1.82, 2.24) is 9.21 Å². The number of esters is 1. The monoisotopic (exact) mass is 480 g/mol. The maximum Gasteiger partial charge on any atom is 0.328 e. The molecular weight excluding hydrogens is 448 g/mol. The maximum absolute atomic E-state index is 13.4. The van der Waals surface area contributed by atoms with Gasteiger partial charge in [0.25, 0.3) is 0 Å². The van der Waals surface area contributed by atoms with Gasteiger partial charge in [-0.2, -0.15) is 4.31 Å². The third-order valence-electron chi connectivity index (χ3n) is 7.02. The molecule has 0 N–H and O–H groups in total. The van der Waals surface area contributed by atoms with Crippen molar-refractivity contribution in [2.24, 2.45) is 5.92 Å². The standard InChI is InChI=1S/C23H32N2O7S/c1-30-20-8-7-16(13-21(20)33(28,29)24-9-11-32-12-10-24)14-22(26)25-18-6-4-3-5-17(18)15-19(25)23(27)31-2/h7-8,13,17-19H,3-6,9-12,14-15H2,1-2H3. The topological polar surface area (TPSA) is 102 Å². The number of hydrogen-bond acceptors (Lipinski definition) is 7. The van der Waals surface area contributed by atoms with E-state index in [1.165, 1.54) is 24.6 Å². The Bertz CT molecular complexity index is 991. The van der Waals surface area contributed by atoms with Crippen molar-refractivity contribution in [1.29, 1.82) is 0 Å². The Balaban J connectivity index is 1.60. The van der Waals surface area contributed by atoms with Crippen molar-refractivity contribution in [3.05, 3.63) is 23.8 Å². The van der Waals surface area contributed by atoms with E-state index in [0.29, 0.717) is 31.1 Å². The molecule has 1 aliphatic carbocycles. The SMILES string of the molecule is COC(=O)C1CC2CCCCC2N1C(=O)Cc1ccc(OC)c(S(=O)(=O)N2CCOCC2)c1. The fraction of sp³-hybridized carbons (Fsp3) is 0.652. The molecule has 0 aromatic heterocycles. The van der Waals surface area contributed by atoms with Gasteiger partial charge in [0, 0.05) is 19.1 Å². The van der Waals surface area contributed by atoms with Gasteiger partial charge in [-0.15, -0.1) is 0 Å². The Morgan fingerprint density at radius 1 is 1.12 bits per heavy atom. The van der Waals surface area contributed by atoms with Gasteiger partial charge in [-0.1, -0.05) is 18.9 Å². The number of ether oxygens (including phenoxy) is 3. The van der Waals surface area contributed by atoms with Crippen LogP contribution >= 0.6 is 0 Å². The molecule has 33 heavy (non-hydrogen) atoms. The lowest BCUT2D eigenvalue weighted by Crippen LogP contribution is -2.47. The summed E-state index contributed by atoms with van der Waals surface area (Å²) in [5.74, 6) is -0.0266. The van der Waals surface area contributed by atoms with Gasteiger partial charge in [0.05, 0.1) is 33.9 Å². The molecule has 1 aromatic rings. The zero-order valence-corrected chi connectivity index (χ0v) is 20.0. The van der Waals surface area contributed by atoms with E-state index in [1.807, 2.05) is 0 Å². The molecule has 3 atom stereocenters. The first-order chi connectivity index (χ1) is 15.9. The highest BCUT2D eigenvalue weighted by Gasteiger charge is 2.47. The molecule has 2 aliphatic heterocycles. The summed E-state index contributed by atoms with van der Waals surface area (Å²) < 4.78 is 43.5. The van der Waals surface area contributed by atoms with E-state index in [4.69, 9.17) is 14.2 Å². The van der Waals surface area contributed by atoms with E-state index in [9.17, 15) is 18.0 Å². The van der Waals surface area contributed by atoms with Crippen LogP contribution in [0.25, 0.3) is 0 Å². The van der Waals surface area contributed by atoms with Gasteiger partial charge in [0.15, 0.2) is 0 Å². The lowest BCUT2D eigenvalue weighted by molar-refractivity contribution is -0.152. The number of carbonyl (C=O) groups is 2. The predicted molar refractivity (Wildman–Crippen MR) is 119 cm³/mol. The minimum Gasteiger partial charge on any atom is -0.495 e. The van der Waals surface area contributed by atoms with Crippen LogP contribution in [-0.2, 0) is 35.5 Å². The molecule has 10 heteroatoms. The summed E-state index contributed by atoms with van der Waals surface area (Å²) in [5, 5.41) is 0.